The van der Waals surface area contributed by atoms with Crippen LogP contribution in [0.1, 0.15) is 53.4 Å². The fourth-order valence-corrected chi connectivity index (χ4v) is 6.14. The van der Waals surface area contributed by atoms with Crippen molar-refractivity contribution < 1.29 is 53.0 Å². The summed E-state index contributed by atoms with van der Waals surface area (Å²) in [6, 6.07) is 19.5. The molecule has 0 radical (unpaired) electrons. The van der Waals surface area contributed by atoms with Crippen molar-refractivity contribution in [1.82, 2.24) is 0 Å². The van der Waals surface area contributed by atoms with Crippen LogP contribution in [0.2, 0.25) is 0 Å². The van der Waals surface area contributed by atoms with Gasteiger partial charge >= 0.3 is 11.9 Å². The molecule has 1 N–H and O–H groups in total. The molecule has 312 valence electrons. The second-order valence-electron chi connectivity index (χ2n) is 13.6. The Kier molecular flexibility index (Phi) is 16.4. The van der Waals surface area contributed by atoms with Gasteiger partial charge in [-0.1, -0.05) is 44.7 Å². The summed E-state index contributed by atoms with van der Waals surface area (Å²) in [4.78, 5) is 44.5. The number of phenols is 1. The molecule has 3 aromatic rings. The Labute approximate surface area is 343 Å². The number of hydrogen-bond acceptors (Lipinski definition) is 14. The molecule has 0 atom stereocenters. The van der Waals surface area contributed by atoms with Gasteiger partial charge in [0.25, 0.3) is 5.69 Å². The summed E-state index contributed by atoms with van der Waals surface area (Å²) < 4.78 is 27.3. The van der Waals surface area contributed by atoms with Crippen LogP contribution in [0.4, 0.5) is 5.69 Å². The van der Waals surface area contributed by atoms with Crippen molar-refractivity contribution in [2.24, 2.45) is 10.3 Å². The van der Waals surface area contributed by atoms with E-state index in [4.69, 9.17) is 33.4 Å². The van der Waals surface area contributed by atoms with Gasteiger partial charge in [-0.3, -0.25) is 10.1 Å². The van der Waals surface area contributed by atoms with Gasteiger partial charge in [-0.05, 0) is 112 Å². The highest BCUT2D eigenvalue weighted by Crippen LogP contribution is 2.34. The summed E-state index contributed by atoms with van der Waals surface area (Å²) in [6.07, 6.45) is 2.45. The smallest absolute Gasteiger partial charge is 0.360 e. The van der Waals surface area contributed by atoms with Crippen LogP contribution in [0.15, 0.2) is 128 Å². The number of rotatable bonds is 15. The molecule has 2 aliphatic carbocycles. The Balaban J connectivity index is 0.000000273. The Morgan fingerprint density at radius 3 is 1.51 bits per heavy atom. The van der Waals surface area contributed by atoms with Crippen molar-refractivity contribution in [3.8, 4) is 28.7 Å². The van der Waals surface area contributed by atoms with E-state index in [2.05, 4.69) is 24.2 Å². The summed E-state index contributed by atoms with van der Waals surface area (Å²) in [5.74, 6) is 1.14. The number of hydrogen-bond donors (Lipinski definition) is 1. The number of nitro benzene ring substituents is 1. The molecule has 15 nitrogen and oxygen atoms in total. The zero-order valence-electron chi connectivity index (χ0n) is 34.5. The van der Waals surface area contributed by atoms with E-state index in [1.165, 1.54) is 69.4 Å². The number of nitrogens with zero attached hydrogens (tertiary/aromatic N) is 3. The summed E-state index contributed by atoms with van der Waals surface area (Å²) >= 11 is 0. The first-order valence-electron chi connectivity index (χ1n) is 18.5. The second kappa shape index (κ2) is 21.6. The lowest BCUT2D eigenvalue weighted by atomic mass is 9.85. The summed E-state index contributed by atoms with van der Waals surface area (Å²) in [5, 5.41) is 28.1. The molecule has 0 spiro atoms. The van der Waals surface area contributed by atoms with Gasteiger partial charge in [0.1, 0.15) is 56.2 Å². The third-order valence-electron chi connectivity index (χ3n) is 9.58. The van der Waals surface area contributed by atoms with Crippen molar-refractivity contribution in [2.45, 2.75) is 53.4 Å². The molecule has 15 heteroatoms. The molecule has 0 saturated carbocycles. The highest BCUT2D eigenvalue weighted by molar-refractivity contribution is 6.43. The fourth-order valence-electron chi connectivity index (χ4n) is 6.14. The zero-order chi connectivity index (χ0) is 43.1. The van der Waals surface area contributed by atoms with Crippen LogP contribution in [-0.4, -0.2) is 75.0 Å². The van der Waals surface area contributed by atoms with Gasteiger partial charge in [-0.25, -0.2) is 9.59 Å². The Bertz CT molecular complexity index is 2210. The maximum absolute atomic E-state index is 12.3. The SMILES string of the molecule is CO/N=C(/C(=O)OC)C1=C(COc2cccc(O)c2)CC(C)=C(C)C1.CO/N=C(/C(=O)OC)C1=C(COc2cccc(Oc3ccc([N+](=O)[O-])cc3)c2)CC(C)=C(C)C1. The predicted molar refractivity (Wildman–Crippen MR) is 221 cm³/mol. The van der Waals surface area contributed by atoms with Gasteiger partial charge in [-0.15, -0.1) is 0 Å². The normalized spacial score (nSPS) is 14.6. The van der Waals surface area contributed by atoms with Crippen LogP contribution in [0.5, 0.6) is 28.7 Å². The maximum Gasteiger partial charge on any atom is 0.360 e. The van der Waals surface area contributed by atoms with Gasteiger partial charge in [0.2, 0.25) is 0 Å². The molecule has 0 saturated heterocycles. The number of non-ortho nitro benzene ring substituents is 1. The molecule has 59 heavy (non-hydrogen) atoms. The topological polar surface area (TPSA) is 187 Å². The van der Waals surface area contributed by atoms with Crippen molar-refractivity contribution >= 4 is 29.0 Å². The molecule has 2 aliphatic rings. The van der Waals surface area contributed by atoms with Gasteiger partial charge in [-0.2, -0.15) is 0 Å². The molecule has 0 unspecified atom stereocenters. The molecule has 0 aliphatic heterocycles. The number of nitro groups is 1. The van der Waals surface area contributed by atoms with Crippen LogP contribution in [0, 0.1) is 10.1 Å². The molecular formula is C44H49N3O12. The third-order valence-corrected chi connectivity index (χ3v) is 9.58. The van der Waals surface area contributed by atoms with Gasteiger partial charge in [0.15, 0.2) is 11.4 Å². The number of aromatic hydroxyl groups is 1. The van der Waals surface area contributed by atoms with E-state index in [-0.39, 0.29) is 36.1 Å². The standard InChI is InChI=1S/C25H26N2O7.C19H23NO5/c1-16-12-18(23(13-17(16)2)24(26-32-4)25(28)31-3)15-33-21-6-5-7-22(14-21)34-20-10-8-19(9-11-20)27(29)30;1-12-8-14(11-25-16-7-5-6-15(21)10-16)17(9-13(12)2)18(20-24-4)19(22)23-3/h5-11,14H,12-13,15H2,1-4H3;5-7,10,21H,8-9,11H2,1-4H3/b26-24+;20-18+. The van der Waals surface area contributed by atoms with Gasteiger partial charge < -0.3 is 38.5 Å². The lowest BCUT2D eigenvalue weighted by Crippen LogP contribution is -2.24. The lowest BCUT2D eigenvalue weighted by molar-refractivity contribution is -0.384. The van der Waals surface area contributed by atoms with Crippen LogP contribution < -0.4 is 14.2 Å². The van der Waals surface area contributed by atoms with E-state index in [1.54, 1.807) is 48.5 Å². The lowest BCUT2D eigenvalue weighted by Gasteiger charge is -2.23. The van der Waals surface area contributed by atoms with E-state index in [0.29, 0.717) is 48.7 Å². The van der Waals surface area contributed by atoms with Crippen molar-refractivity contribution in [2.75, 3.05) is 41.7 Å². The predicted octanol–water partition coefficient (Wildman–Crippen LogP) is 8.74. The average Bonchev–Trinajstić information content (AvgIpc) is 3.22. The number of oxime groups is 2. The largest absolute Gasteiger partial charge is 0.508 e. The minimum atomic E-state index is -0.569. The second-order valence-corrected chi connectivity index (χ2v) is 13.6. The third kappa shape index (κ3) is 12.5. The number of methoxy groups -OCH3 is 2. The van der Waals surface area contributed by atoms with E-state index in [9.17, 15) is 24.8 Å². The number of esters is 2. The number of carbonyl (C=O) groups excluding carboxylic acids is 2. The van der Waals surface area contributed by atoms with E-state index in [0.717, 1.165) is 27.9 Å². The van der Waals surface area contributed by atoms with Crippen molar-refractivity contribution in [3.05, 3.63) is 127 Å². The van der Waals surface area contributed by atoms with Crippen LogP contribution in [-0.2, 0) is 28.7 Å². The summed E-state index contributed by atoms with van der Waals surface area (Å²) in [6.45, 7) is 8.68. The number of phenolic OH excluding ortho intramolecular Hbond substituents is 1. The van der Waals surface area contributed by atoms with Crippen LogP contribution in [0.25, 0.3) is 0 Å². The minimum absolute atomic E-state index is 0.0103. The molecule has 0 aromatic heterocycles. The maximum atomic E-state index is 12.3. The van der Waals surface area contributed by atoms with E-state index >= 15 is 0 Å². The average molecular weight is 812 g/mol. The molecule has 0 fully saturated rings. The number of benzene rings is 3. The van der Waals surface area contributed by atoms with Crippen LogP contribution >= 0.6 is 0 Å². The first-order valence-corrected chi connectivity index (χ1v) is 18.5. The molecule has 5 rings (SSSR count). The summed E-state index contributed by atoms with van der Waals surface area (Å²) in [7, 11) is 5.39. The van der Waals surface area contributed by atoms with Gasteiger partial charge in [0.05, 0.1) is 19.1 Å². The molecule has 0 bridgehead atoms. The molecular weight excluding hydrogens is 762 g/mol. The van der Waals surface area contributed by atoms with E-state index < -0.39 is 16.9 Å². The fraction of sp³-hybridized carbons (Fsp3) is 0.318. The number of allylic oxidation sites excluding steroid dienone is 4. The van der Waals surface area contributed by atoms with Crippen molar-refractivity contribution in [3.63, 3.8) is 0 Å². The quantitative estimate of drug-likeness (QED) is 0.0506. The summed E-state index contributed by atoms with van der Waals surface area (Å²) in [5.41, 5.74) is 8.40. The zero-order valence-corrected chi connectivity index (χ0v) is 34.5. The first kappa shape index (κ1) is 44.8. The van der Waals surface area contributed by atoms with Crippen molar-refractivity contribution in [1.29, 1.82) is 0 Å². The first-order chi connectivity index (χ1) is 28.3. The highest BCUT2D eigenvalue weighted by atomic mass is 16.6. The minimum Gasteiger partial charge on any atom is -0.508 e. The molecule has 0 heterocycles. The molecule has 0 amide bonds. The monoisotopic (exact) mass is 811 g/mol. The molecule has 3 aromatic carbocycles. The van der Waals surface area contributed by atoms with Gasteiger partial charge in [0, 0.05) is 24.3 Å². The Hall–Kier alpha value is -6.90. The number of ether oxygens (including phenoxy) is 5. The van der Waals surface area contributed by atoms with Crippen LogP contribution in [0.3, 0.4) is 0 Å². The highest BCUT2D eigenvalue weighted by Gasteiger charge is 2.28. The Morgan fingerprint density at radius 2 is 1.07 bits per heavy atom. The van der Waals surface area contributed by atoms with E-state index in [1.807, 2.05) is 13.8 Å². The Morgan fingerprint density at radius 1 is 0.627 bits per heavy atom. The number of carbonyl (C=O) groups is 2.